The Labute approximate surface area is 226 Å². The molecule has 9 atom stereocenters. The lowest BCUT2D eigenvalue weighted by atomic mass is 10.1. The lowest BCUT2D eigenvalue weighted by molar-refractivity contribution is -0.0349. The summed E-state index contributed by atoms with van der Waals surface area (Å²) in [5.74, 6) is 0. The maximum absolute atomic E-state index is 9.56. The molecule has 37 heavy (non-hydrogen) atoms. The first kappa shape index (κ1) is 36.6. The molecule has 0 spiro atoms. The summed E-state index contributed by atoms with van der Waals surface area (Å²) in [5, 5.41) is 28.6. The zero-order chi connectivity index (χ0) is 26.9. The Morgan fingerprint density at radius 3 is 1.68 bits per heavy atom. The van der Waals surface area contributed by atoms with Crippen LogP contribution in [0.25, 0.3) is 0 Å². The predicted octanol–water partition coefficient (Wildman–Crippen LogP) is 3.49. The summed E-state index contributed by atoms with van der Waals surface area (Å²) >= 11 is 0. The Bertz CT molecular complexity index is 496. The van der Waals surface area contributed by atoms with Gasteiger partial charge in [-0.15, -0.1) is 0 Å². The van der Waals surface area contributed by atoms with Crippen molar-refractivity contribution in [1.82, 2.24) is 0 Å². The zero-order valence-electron chi connectivity index (χ0n) is 23.5. The smallest absolute Gasteiger partial charge is 0.111 e. The molecule has 3 heterocycles. The second-order valence-electron chi connectivity index (χ2n) is 9.98. The normalized spacial score (nSPS) is 34.8. The molecule has 3 N–H and O–H groups in total. The molecule has 9 unspecified atom stereocenters. The minimum absolute atomic E-state index is 0. The maximum atomic E-state index is 9.56. The fourth-order valence-corrected chi connectivity index (χ4v) is 4.91. The Hall–Kier alpha value is -0.360. The molecule has 0 bridgehead atoms. The zero-order valence-corrected chi connectivity index (χ0v) is 23.5. The minimum atomic E-state index is -0.809. The summed E-state index contributed by atoms with van der Waals surface area (Å²) in [7, 11) is 4.91. The third-order valence-corrected chi connectivity index (χ3v) is 6.77. The molecule has 9 nitrogen and oxygen atoms in total. The summed E-state index contributed by atoms with van der Waals surface area (Å²) in [6.07, 6.45) is 7.97. The largest absolute Gasteiger partial charge is 0.390 e. The van der Waals surface area contributed by atoms with Crippen molar-refractivity contribution in [1.29, 1.82) is 0 Å². The monoisotopic (exact) mass is 538 g/mol. The first-order valence-corrected chi connectivity index (χ1v) is 13.8. The van der Waals surface area contributed by atoms with Gasteiger partial charge < -0.3 is 43.7 Å². The summed E-state index contributed by atoms with van der Waals surface area (Å²) < 4.78 is 31.6. The first-order chi connectivity index (χ1) is 17.3. The van der Waals surface area contributed by atoms with E-state index in [1.807, 2.05) is 6.92 Å². The number of hydrogen-bond acceptors (Lipinski definition) is 9. The number of aliphatic hydroxyl groups excluding tert-OH is 3. The van der Waals surface area contributed by atoms with Crippen molar-refractivity contribution in [2.75, 3.05) is 41.2 Å². The molecule has 3 fully saturated rings. The molecule has 3 aliphatic heterocycles. The molecule has 3 rings (SSSR count). The van der Waals surface area contributed by atoms with Gasteiger partial charge >= 0.3 is 0 Å². The van der Waals surface area contributed by atoms with E-state index in [4.69, 9.17) is 28.4 Å². The SMILES string of the molecule is C.CCCC1CC(O)C(COC)O1.CCCC1CCC(COC)O1.CCCC1OC(COC)C(O)C1O. The van der Waals surface area contributed by atoms with Crippen molar-refractivity contribution in [2.24, 2.45) is 0 Å². The molecule has 3 aliphatic rings. The molecule has 0 aromatic heterocycles. The van der Waals surface area contributed by atoms with Gasteiger partial charge in [0.25, 0.3) is 0 Å². The van der Waals surface area contributed by atoms with E-state index in [1.165, 1.54) is 25.7 Å². The van der Waals surface area contributed by atoms with Gasteiger partial charge in [-0.1, -0.05) is 47.5 Å². The quantitative estimate of drug-likeness (QED) is 0.343. The van der Waals surface area contributed by atoms with Crippen LogP contribution in [0, 0.1) is 0 Å². The third-order valence-electron chi connectivity index (χ3n) is 6.77. The standard InChI is InChI=1S/C9H18O4.C9H18O3.C9H18O2.CH4/c1-3-4-6-8(10)9(11)7(13-6)5-12-2;1-3-4-7-5-8(10)9(12-7)6-11-2;1-3-4-8-5-6-9(11-8)7-10-2;/h6-11H,3-5H2,1-2H3;7-10H,3-6H2,1-2H3;8-9H,3-7H2,1-2H3;1H4. The molecule has 9 heteroatoms. The van der Waals surface area contributed by atoms with E-state index >= 15 is 0 Å². The number of ether oxygens (including phenoxy) is 6. The molecular weight excluding hydrogens is 480 g/mol. The van der Waals surface area contributed by atoms with E-state index in [2.05, 4.69) is 13.8 Å². The molecule has 0 aliphatic carbocycles. The summed E-state index contributed by atoms with van der Waals surface area (Å²) in [6, 6.07) is 0. The van der Waals surface area contributed by atoms with Gasteiger partial charge in [0, 0.05) is 27.8 Å². The van der Waals surface area contributed by atoms with E-state index in [1.54, 1.807) is 21.3 Å². The van der Waals surface area contributed by atoms with Crippen LogP contribution in [0.2, 0.25) is 0 Å². The Kier molecular flexibility index (Phi) is 21.3. The number of methoxy groups -OCH3 is 3. The van der Waals surface area contributed by atoms with Crippen molar-refractivity contribution in [3.63, 3.8) is 0 Å². The minimum Gasteiger partial charge on any atom is -0.390 e. The second-order valence-corrected chi connectivity index (χ2v) is 9.98. The van der Waals surface area contributed by atoms with E-state index < -0.39 is 12.2 Å². The van der Waals surface area contributed by atoms with Crippen LogP contribution >= 0.6 is 0 Å². The fourth-order valence-electron chi connectivity index (χ4n) is 4.91. The average molecular weight is 539 g/mol. The van der Waals surface area contributed by atoms with Gasteiger partial charge in [0.2, 0.25) is 0 Å². The van der Waals surface area contributed by atoms with E-state index in [9.17, 15) is 15.3 Å². The Balaban J connectivity index is 0.000000520. The topological polar surface area (TPSA) is 116 Å². The lowest BCUT2D eigenvalue weighted by Crippen LogP contribution is -2.34. The van der Waals surface area contributed by atoms with Gasteiger partial charge in [0.15, 0.2) is 0 Å². The highest BCUT2D eigenvalue weighted by Gasteiger charge is 2.41. The molecule has 3 saturated heterocycles. The van der Waals surface area contributed by atoms with E-state index in [-0.39, 0.29) is 37.9 Å². The molecular formula is C28H58O9. The molecule has 0 aromatic rings. The van der Waals surface area contributed by atoms with Crippen molar-refractivity contribution in [3.05, 3.63) is 0 Å². The second kappa shape index (κ2) is 21.5. The first-order valence-electron chi connectivity index (χ1n) is 13.8. The molecule has 0 radical (unpaired) electrons. The third kappa shape index (κ3) is 13.5. The fraction of sp³-hybridized carbons (Fsp3) is 1.00. The number of hydrogen-bond donors (Lipinski definition) is 3. The molecule has 0 saturated carbocycles. The highest BCUT2D eigenvalue weighted by molar-refractivity contribution is 4.90. The highest BCUT2D eigenvalue weighted by Crippen LogP contribution is 2.25. The van der Waals surface area contributed by atoms with Crippen LogP contribution < -0.4 is 0 Å². The van der Waals surface area contributed by atoms with E-state index in [0.717, 1.165) is 38.7 Å². The van der Waals surface area contributed by atoms with Crippen molar-refractivity contribution in [3.8, 4) is 0 Å². The van der Waals surface area contributed by atoms with Gasteiger partial charge in [0.1, 0.15) is 24.4 Å². The van der Waals surface area contributed by atoms with Crippen molar-refractivity contribution >= 4 is 0 Å². The van der Waals surface area contributed by atoms with Gasteiger partial charge in [-0.3, -0.25) is 0 Å². The van der Waals surface area contributed by atoms with E-state index in [0.29, 0.717) is 25.4 Å². The van der Waals surface area contributed by atoms with Gasteiger partial charge in [-0.25, -0.2) is 0 Å². The summed E-state index contributed by atoms with van der Waals surface area (Å²) in [5.41, 5.74) is 0. The van der Waals surface area contributed by atoms with Crippen LogP contribution in [-0.2, 0) is 28.4 Å². The van der Waals surface area contributed by atoms with Crippen LogP contribution in [0.15, 0.2) is 0 Å². The van der Waals surface area contributed by atoms with Crippen LogP contribution in [0.3, 0.4) is 0 Å². The summed E-state index contributed by atoms with van der Waals surface area (Å²) in [6.45, 7) is 7.94. The van der Waals surface area contributed by atoms with Crippen LogP contribution in [0.1, 0.15) is 86.0 Å². The lowest BCUT2D eigenvalue weighted by Gasteiger charge is -2.12. The van der Waals surface area contributed by atoms with Crippen molar-refractivity contribution in [2.45, 2.75) is 141 Å². The average Bonchev–Trinajstić information content (AvgIpc) is 3.51. The number of rotatable bonds is 12. The van der Waals surface area contributed by atoms with Crippen LogP contribution in [0.4, 0.5) is 0 Å². The maximum Gasteiger partial charge on any atom is 0.111 e. The summed E-state index contributed by atoms with van der Waals surface area (Å²) in [4.78, 5) is 0. The predicted molar refractivity (Wildman–Crippen MR) is 145 cm³/mol. The van der Waals surface area contributed by atoms with Gasteiger partial charge in [-0.05, 0) is 32.1 Å². The highest BCUT2D eigenvalue weighted by atomic mass is 16.6. The molecule has 224 valence electrons. The van der Waals surface area contributed by atoms with Crippen molar-refractivity contribution < 1.29 is 43.7 Å². The Morgan fingerprint density at radius 1 is 0.595 bits per heavy atom. The molecule has 0 amide bonds. The Morgan fingerprint density at radius 2 is 1.11 bits per heavy atom. The van der Waals surface area contributed by atoms with Crippen LogP contribution in [-0.4, -0.2) is 111 Å². The van der Waals surface area contributed by atoms with Gasteiger partial charge in [-0.2, -0.15) is 0 Å². The van der Waals surface area contributed by atoms with Crippen LogP contribution in [0.5, 0.6) is 0 Å². The molecule has 0 aromatic carbocycles. The number of aliphatic hydroxyl groups is 3. The van der Waals surface area contributed by atoms with Gasteiger partial charge in [0.05, 0.1) is 50.3 Å².